The zero-order valence-corrected chi connectivity index (χ0v) is 14.5. The maximum absolute atomic E-state index is 12.6. The number of nitrogens with two attached hydrogens (primary N) is 1. The van der Waals surface area contributed by atoms with Crippen molar-refractivity contribution in [2.75, 3.05) is 11.9 Å². The lowest BCUT2D eigenvalue weighted by Gasteiger charge is -2.29. The number of rotatable bonds is 6. The van der Waals surface area contributed by atoms with Gasteiger partial charge >= 0.3 is 0 Å². The van der Waals surface area contributed by atoms with Crippen LogP contribution >= 0.6 is 11.6 Å². The molecule has 6 heteroatoms. The van der Waals surface area contributed by atoms with Gasteiger partial charge in [0.15, 0.2) is 0 Å². The molecule has 1 fully saturated rings. The average molecular weight is 338 g/mol. The van der Waals surface area contributed by atoms with Crippen LogP contribution in [-0.4, -0.2) is 23.9 Å². The highest BCUT2D eigenvalue weighted by atomic mass is 35.5. The SMILES string of the molecule is CC(C)C(=O)Nc1ccc(Cl)c(C(=O)NC(C)(CN)C2CC2)c1. The van der Waals surface area contributed by atoms with Gasteiger partial charge in [0.2, 0.25) is 5.91 Å². The van der Waals surface area contributed by atoms with Crippen molar-refractivity contribution in [3.05, 3.63) is 28.8 Å². The second-order valence-electron chi connectivity index (χ2n) is 6.69. The molecule has 1 aromatic carbocycles. The maximum atomic E-state index is 12.6. The summed E-state index contributed by atoms with van der Waals surface area (Å²) in [6, 6.07) is 4.90. The lowest BCUT2D eigenvalue weighted by molar-refractivity contribution is -0.118. The van der Waals surface area contributed by atoms with E-state index in [-0.39, 0.29) is 17.7 Å². The summed E-state index contributed by atoms with van der Waals surface area (Å²) in [6.07, 6.45) is 2.15. The standard InChI is InChI=1S/C17H24ClN3O2/c1-10(2)15(22)20-12-6-7-14(18)13(8-12)16(23)21-17(3,9-19)11-4-5-11/h6-8,10-11H,4-5,9,19H2,1-3H3,(H,20,22)(H,21,23). The van der Waals surface area contributed by atoms with E-state index in [9.17, 15) is 9.59 Å². The van der Waals surface area contributed by atoms with Gasteiger partial charge in [-0.1, -0.05) is 25.4 Å². The molecule has 126 valence electrons. The first-order valence-corrected chi connectivity index (χ1v) is 8.27. The van der Waals surface area contributed by atoms with Crippen LogP contribution in [0, 0.1) is 11.8 Å². The summed E-state index contributed by atoms with van der Waals surface area (Å²) in [4.78, 5) is 24.4. The highest BCUT2D eigenvalue weighted by molar-refractivity contribution is 6.34. The van der Waals surface area contributed by atoms with Gasteiger partial charge in [-0.2, -0.15) is 0 Å². The summed E-state index contributed by atoms with van der Waals surface area (Å²) in [7, 11) is 0. The summed E-state index contributed by atoms with van der Waals surface area (Å²) < 4.78 is 0. The van der Waals surface area contributed by atoms with Crippen LogP contribution in [-0.2, 0) is 4.79 Å². The zero-order chi connectivity index (χ0) is 17.2. The Labute approximate surface area is 142 Å². The Morgan fingerprint density at radius 2 is 2.04 bits per heavy atom. The molecule has 0 spiro atoms. The van der Waals surface area contributed by atoms with Crippen LogP contribution in [0.5, 0.6) is 0 Å². The number of nitrogens with one attached hydrogen (secondary N) is 2. The summed E-state index contributed by atoms with van der Waals surface area (Å²) in [5, 5.41) is 6.13. The second-order valence-corrected chi connectivity index (χ2v) is 7.10. The Bertz CT molecular complexity index is 614. The van der Waals surface area contributed by atoms with Crippen molar-refractivity contribution in [3.8, 4) is 0 Å². The first kappa shape index (κ1) is 17.8. The molecule has 0 aliphatic heterocycles. The molecule has 1 saturated carbocycles. The van der Waals surface area contributed by atoms with E-state index in [0.717, 1.165) is 12.8 Å². The van der Waals surface area contributed by atoms with E-state index in [1.807, 2.05) is 6.92 Å². The van der Waals surface area contributed by atoms with Gasteiger partial charge in [-0.3, -0.25) is 9.59 Å². The lowest BCUT2D eigenvalue weighted by Crippen LogP contribution is -2.53. The Morgan fingerprint density at radius 3 is 2.57 bits per heavy atom. The van der Waals surface area contributed by atoms with Crippen LogP contribution < -0.4 is 16.4 Å². The molecule has 1 atom stereocenters. The number of halogens is 1. The molecular weight excluding hydrogens is 314 g/mol. The predicted molar refractivity (Wildman–Crippen MR) is 92.6 cm³/mol. The third-order valence-electron chi connectivity index (χ3n) is 4.30. The minimum absolute atomic E-state index is 0.108. The van der Waals surface area contributed by atoms with Crippen LogP contribution in [0.25, 0.3) is 0 Å². The van der Waals surface area contributed by atoms with E-state index in [4.69, 9.17) is 17.3 Å². The van der Waals surface area contributed by atoms with Crippen molar-refractivity contribution in [2.45, 2.75) is 39.2 Å². The van der Waals surface area contributed by atoms with Gasteiger partial charge in [0.25, 0.3) is 5.91 Å². The number of carbonyl (C=O) groups is 2. The second kappa shape index (κ2) is 6.89. The van der Waals surface area contributed by atoms with Crippen molar-refractivity contribution in [3.63, 3.8) is 0 Å². The van der Waals surface area contributed by atoms with E-state index in [2.05, 4.69) is 10.6 Å². The minimum atomic E-state index is -0.419. The molecule has 0 bridgehead atoms. The number of benzene rings is 1. The highest BCUT2D eigenvalue weighted by Crippen LogP contribution is 2.39. The number of amides is 2. The lowest BCUT2D eigenvalue weighted by atomic mass is 9.95. The molecule has 2 rings (SSSR count). The molecule has 23 heavy (non-hydrogen) atoms. The number of hydrogen-bond donors (Lipinski definition) is 3. The van der Waals surface area contributed by atoms with Gasteiger partial charge in [-0.05, 0) is 43.9 Å². The first-order chi connectivity index (χ1) is 10.8. The van der Waals surface area contributed by atoms with Crippen LogP contribution in [0.15, 0.2) is 18.2 Å². The largest absolute Gasteiger partial charge is 0.345 e. The van der Waals surface area contributed by atoms with E-state index in [1.165, 1.54) is 0 Å². The quantitative estimate of drug-likeness (QED) is 0.746. The third kappa shape index (κ3) is 4.24. The van der Waals surface area contributed by atoms with Gasteiger partial charge in [-0.15, -0.1) is 0 Å². The van der Waals surface area contributed by atoms with E-state index in [0.29, 0.717) is 28.7 Å². The number of anilines is 1. The normalized spacial score (nSPS) is 16.8. The van der Waals surface area contributed by atoms with Crippen LogP contribution in [0.3, 0.4) is 0 Å². The Morgan fingerprint density at radius 1 is 1.39 bits per heavy atom. The van der Waals surface area contributed by atoms with Crippen molar-refractivity contribution < 1.29 is 9.59 Å². The maximum Gasteiger partial charge on any atom is 0.253 e. The molecule has 1 aliphatic carbocycles. The third-order valence-corrected chi connectivity index (χ3v) is 4.63. The molecule has 0 saturated heterocycles. The van der Waals surface area contributed by atoms with Crippen LogP contribution in [0.2, 0.25) is 5.02 Å². The first-order valence-electron chi connectivity index (χ1n) is 7.90. The summed E-state index contributed by atoms with van der Waals surface area (Å²) >= 11 is 6.15. The monoisotopic (exact) mass is 337 g/mol. The fourth-order valence-electron chi connectivity index (χ4n) is 2.43. The molecule has 2 amide bonds. The Balaban J connectivity index is 2.17. The average Bonchev–Trinajstić information content (AvgIpc) is 3.33. The number of hydrogen-bond acceptors (Lipinski definition) is 3. The molecular formula is C17H24ClN3O2. The van der Waals surface area contributed by atoms with Gasteiger partial charge in [0, 0.05) is 18.2 Å². The van der Waals surface area contributed by atoms with Gasteiger partial charge in [0.1, 0.15) is 0 Å². The summed E-state index contributed by atoms with van der Waals surface area (Å²) in [5.74, 6) is -0.101. The van der Waals surface area contributed by atoms with E-state index >= 15 is 0 Å². The molecule has 0 heterocycles. The zero-order valence-electron chi connectivity index (χ0n) is 13.8. The van der Waals surface area contributed by atoms with Crippen molar-refractivity contribution >= 4 is 29.1 Å². The van der Waals surface area contributed by atoms with Crippen molar-refractivity contribution in [1.29, 1.82) is 0 Å². The van der Waals surface area contributed by atoms with E-state index < -0.39 is 5.54 Å². The van der Waals surface area contributed by atoms with Crippen LogP contribution in [0.1, 0.15) is 44.0 Å². The smallest absolute Gasteiger partial charge is 0.253 e. The van der Waals surface area contributed by atoms with Gasteiger partial charge in [-0.25, -0.2) is 0 Å². The summed E-state index contributed by atoms with van der Waals surface area (Å²) in [5.41, 5.74) is 6.31. The van der Waals surface area contributed by atoms with Crippen LogP contribution in [0.4, 0.5) is 5.69 Å². The molecule has 4 N–H and O–H groups in total. The molecule has 5 nitrogen and oxygen atoms in total. The number of carbonyl (C=O) groups excluding carboxylic acids is 2. The van der Waals surface area contributed by atoms with Crippen molar-refractivity contribution in [1.82, 2.24) is 5.32 Å². The molecule has 1 unspecified atom stereocenters. The Kier molecular flexibility index (Phi) is 5.32. The van der Waals surface area contributed by atoms with Crippen molar-refractivity contribution in [2.24, 2.45) is 17.6 Å². The fourth-order valence-corrected chi connectivity index (χ4v) is 2.63. The fraction of sp³-hybridized carbons (Fsp3) is 0.529. The molecule has 0 aromatic heterocycles. The molecule has 0 radical (unpaired) electrons. The highest BCUT2D eigenvalue weighted by Gasteiger charge is 2.41. The molecule has 1 aliphatic rings. The van der Waals surface area contributed by atoms with Gasteiger partial charge < -0.3 is 16.4 Å². The minimum Gasteiger partial charge on any atom is -0.345 e. The molecule has 1 aromatic rings. The summed E-state index contributed by atoms with van der Waals surface area (Å²) in [6.45, 7) is 5.95. The van der Waals surface area contributed by atoms with Gasteiger partial charge in [0.05, 0.1) is 16.1 Å². The topological polar surface area (TPSA) is 84.2 Å². The van der Waals surface area contributed by atoms with E-state index in [1.54, 1.807) is 32.0 Å². The predicted octanol–water partition coefficient (Wildman–Crippen LogP) is 2.79. The Hall–Kier alpha value is -1.59.